The number of hydrogen-bond acceptors (Lipinski definition) is 8. The Labute approximate surface area is 317 Å². The Balaban J connectivity index is 1.33. The second kappa shape index (κ2) is 13.0. The molecule has 2 aliphatic carbocycles. The van der Waals surface area contributed by atoms with Gasteiger partial charge >= 0.3 is 11.9 Å². The molecule has 2 aromatic heterocycles. The average Bonchev–Trinajstić information content (AvgIpc) is 3.62. The Morgan fingerprint density at radius 2 is 1.85 bits per heavy atom. The first kappa shape index (κ1) is 35.6. The average molecular weight is 735 g/mol. The van der Waals surface area contributed by atoms with E-state index in [0.29, 0.717) is 31.2 Å². The van der Waals surface area contributed by atoms with Crippen molar-refractivity contribution >= 4 is 33.7 Å². The molecular weight excluding hydrogens is 681 g/mol. The number of aliphatic hydroxyl groups is 1. The molecule has 0 spiro atoms. The Bertz CT molecular complexity index is 2200. The molecule has 54 heavy (non-hydrogen) atoms. The normalized spacial score (nSPS) is 32.5. The van der Waals surface area contributed by atoms with Crippen LogP contribution < -0.4 is 10.1 Å². The van der Waals surface area contributed by atoms with Crippen LogP contribution in [0.2, 0.25) is 0 Å². The van der Waals surface area contributed by atoms with Crippen LogP contribution >= 0.6 is 0 Å². The van der Waals surface area contributed by atoms with Gasteiger partial charge in [-0.05, 0) is 93.8 Å². The summed E-state index contributed by atoms with van der Waals surface area (Å²) in [4.78, 5) is 34.6. The summed E-state index contributed by atoms with van der Waals surface area (Å²) in [5.74, 6) is 0.534. The third kappa shape index (κ3) is 4.62. The van der Waals surface area contributed by atoms with Crippen LogP contribution in [0, 0.1) is 23.2 Å². The van der Waals surface area contributed by atoms with E-state index in [4.69, 9.17) is 14.2 Å². The molecule has 0 unspecified atom stereocenters. The predicted octanol–water partition coefficient (Wildman–Crippen LogP) is 5.61. The SMILES string of the molecule is C/C=C1/CN(C)[C@H]2Cc3c([nH]c4ccccc34)[C@H](c3cc4c(cc3OC)c3c5n4C[C@H]4C[C@@H](CC)[C@@H](NCC3)[C@@]5(C(=O)OC)C4)C[C@H]1[C@]2(CO)C(=O)OC. The number of rotatable bonds is 6. The molecular formula is C44H54N4O6. The number of likely N-dealkylation sites (tertiary alicyclic amines) is 1. The Morgan fingerprint density at radius 3 is 2.57 bits per heavy atom. The van der Waals surface area contributed by atoms with Crippen LogP contribution in [0.25, 0.3) is 21.8 Å². The van der Waals surface area contributed by atoms with Crippen molar-refractivity contribution in [2.24, 2.45) is 23.2 Å². The number of ether oxygens (including phenoxy) is 3. The van der Waals surface area contributed by atoms with Gasteiger partial charge in [0.1, 0.15) is 16.6 Å². The molecule has 286 valence electrons. The van der Waals surface area contributed by atoms with E-state index in [1.165, 1.54) is 12.7 Å². The molecule has 4 aromatic rings. The number of fused-ring (bicyclic) bond motifs is 9. The quantitative estimate of drug-likeness (QED) is 0.173. The third-order valence-corrected chi connectivity index (χ3v) is 14.7. The largest absolute Gasteiger partial charge is 0.496 e. The van der Waals surface area contributed by atoms with Crippen molar-refractivity contribution in [3.63, 3.8) is 0 Å². The molecule has 5 heterocycles. The number of aromatic amines is 1. The number of methoxy groups -OCH3 is 3. The van der Waals surface area contributed by atoms with Crippen molar-refractivity contribution in [3.05, 3.63) is 76.1 Å². The summed E-state index contributed by atoms with van der Waals surface area (Å²) in [6, 6.07) is 12.7. The summed E-state index contributed by atoms with van der Waals surface area (Å²) in [5.41, 5.74) is 7.02. The molecule has 1 saturated carbocycles. The van der Waals surface area contributed by atoms with E-state index >= 15 is 0 Å². The zero-order valence-electron chi connectivity index (χ0n) is 32.5. The number of nitrogens with zero attached hydrogens (tertiary/aromatic N) is 2. The molecule has 2 aromatic carbocycles. The highest BCUT2D eigenvalue weighted by molar-refractivity contribution is 5.94. The minimum atomic E-state index is -1.17. The number of carbonyl (C=O) groups is 2. The number of benzene rings is 2. The van der Waals surface area contributed by atoms with Gasteiger partial charge in [0.2, 0.25) is 0 Å². The van der Waals surface area contributed by atoms with Crippen LogP contribution in [0.3, 0.4) is 0 Å². The Kier molecular flexibility index (Phi) is 8.56. The smallest absolute Gasteiger partial charge is 0.319 e. The lowest BCUT2D eigenvalue weighted by atomic mass is 9.58. The molecule has 0 amide bonds. The predicted molar refractivity (Wildman–Crippen MR) is 208 cm³/mol. The van der Waals surface area contributed by atoms with Gasteiger partial charge < -0.3 is 34.2 Å². The highest BCUT2D eigenvalue weighted by atomic mass is 16.5. The van der Waals surface area contributed by atoms with Crippen LogP contribution in [0.15, 0.2) is 48.0 Å². The van der Waals surface area contributed by atoms with Gasteiger partial charge in [0.25, 0.3) is 0 Å². The fourth-order valence-corrected chi connectivity index (χ4v) is 12.5. The highest BCUT2D eigenvalue weighted by Crippen LogP contribution is 2.57. The fraction of sp³-hybridized carbons (Fsp3) is 0.545. The molecule has 8 atom stereocenters. The third-order valence-electron chi connectivity index (χ3n) is 14.7. The lowest BCUT2D eigenvalue weighted by molar-refractivity contribution is -0.169. The van der Waals surface area contributed by atoms with E-state index in [9.17, 15) is 14.7 Å². The maximum absolute atomic E-state index is 14.3. The molecule has 9 rings (SSSR count). The molecule has 2 fully saturated rings. The maximum atomic E-state index is 14.3. The molecule has 3 aliphatic heterocycles. The minimum Gasteiger partial charge on any atom is -0.496 e. The van der Waals surface area contributed by atoms with E-state index < -0.39 is 10.8 Å². The first-order valence-electron chi connectivity index (χ1n) is 19.9. The zero-order chi connectivity index (χ0) is 37.7. The van der Waals surface area contributed by atoms with Gasteiger partial charge in [-0.3, -0.25) is 14.5 Å². The summed E-state index contributed by atoms with van der Waals surface area (Å²) in [6.45, 7) is 6.32. The monoisotopic (exact) mass is 734 g/mol. The molecule has 4 bridgehead atoms. The van der Waals surface area contributed by atoms with E-state index in [2.05, 4.69) is 76.2 Å². The zero-order valence-corrected chi connectivity index (χ0v) is 32.5. The maximum Gasteiger partial charge on any atom is 0.319 e. The number of esters is 2. The van der Waals surface area contributed by atoms with Gasteiger partial charge in [0.05, 0.1) is 27.9 Å². The number of nitrogens with one attached hydrogen (secondary N) is 2. The van der Waals surface area contributed by atoms with Gasteiger partial charge in [-0.1, -0.05) is 43.2 Å². The number of aliphatic hydroxyl groups excluding tert-OH is 1. The van der Waals surface area contributed by atoms with Crippen LogP contribution in [-0.4, -0.2) is 91.7 Å². The number of aromatic nitrogens is 2. The van der Waals surface area contributed by atoms with Crippen molar-refractivity contribution < 1.29 is 28.9 Å². The number of piperidine rings is 1. The molecule has 10 nitrogen and oxygen atoms in total. The molecule has 1 saturated heterocycles. The number of hydrogen-bond donors (Lipinski definition) is 3. The van der Waals surface area contributed by atoms with E-state index in [1.807, 2.05) is 6.92 Å². The number of allylic oxidation sites excluding steroid dienone is 1. The van der Waals surface area contributed by atoms with Gasteiger partial charge in [-0.2, -0.15) is 0 Å². The van der Waals surface area contributed by atoms with Gasteiger partial charge in [0.15, 0.2) is 0 Å². The minimum absolute atomic E-state index is 0.0123. The summed E-state index contributed by atoms with van der Waals surface area (Å²) in [5, 5.41) is 17.6. The fourth-order valence-electron chi connectivity index (χ4n) is 12.5. The second-order valence-electron chi connectivity index (χ2n) is 16.8. The number of likely N-dealkylation sites (N-methyl/N-ethyl adjacent to an activating group) is 1. The summed E-state index contributed by atoms with van der Waals surface area (Å²) in [7, 11) is 6.79. The number of carbonyl (C=O) groups excluding carboxylic acids is 2. The van der Waals surface area contributed by atoms with E-state index in [-0.39, 0.29) is 42.5 Å². The topological polar surface area (TPSA) is 118 Å². The molecule has 10 heteroatoms. The summed E-state index contributed by atoms with van der Waals surface area (Å²) >= 11 is 0. The van der Waals surface area contributed by atoms with E-state index in [0.717, 1.165) is 94.4 Å². The van der Waals surface area contributed by atoms with Crippen molar-refractivity contribution in [1.82, 2.24) is 19.8 Å². The number of para-hydroxylation sites is 1. The van der Waals surface area contributed by atoms with Gasteiger partial charge in [0, 0.05) is 75.8 Å². The Morgan fingerprint density at radius 1 is 1.06 bits per heavy atom. The van der Waals surface area contributed by atoms with Crippen LogP contribution in [0.5, 0.6) is 5.75 Å². The molecule has 3 N–H and O–H groups in total. The number of H-pyrrole nitrogens is 1. The molecule has 0 radical (unpaired) electrons. The van der Waals surface area contributed by atoms with Crippen LogP contribution in [0.4, 0.5) is 0 Å². The van der Waals surface area contributed by atoms with Crippen LogP contribution in [0.1, 0.15) is 73.5 Å². The van der Waals surface area contributed by atoms with Crippen molar-refractivity contribution in [2.45, 2.75) is 82.3 Å². The lowest BCUT2D eigenvalue weighted by Gasteiger charge is -2.53. The molecule has 5 aliphatic rings. The lowest BCUT2D eigenvalue weighted by Crippen LogP contribution is -2.63. The van der Waals surface area contributed by atoms with Crippen LogP contribution in [-0.2, 0) is 43.9 Å². The van der Waals surface area contributed by atoms with Gasteiger partial charge in [-0.25, -0.2) is 0 Å². The summed E-state index contributed by atoms with van der Waals surface area (Å²) in [6.07, 6.45) is 6.97. The first-order valence-corrected chi connectivity index (χ1v) is 19.9. The van der Waals surface area contributed by atoms with E-state index in [1.54, 1.807) is 14.2 Å². The standard InChI is InChI=1S/C44H54N4O6/c1-7-25-15-24-20-43(41(50)53-5)39(25)45-14-13-28-29-18-36(52-4)30(17-35(29)48(21-24)40(28)43)31-16-33-26(8-2)22-47(3)37(44(33,23-49)42(51)54-6)19-32-27-11-9-10-12-34(27)46-38(31)32/h8-12,17-18,24-25,31,33,37,39,45-46,49H,7,13-16,19-23H2,1-6H3/b26-8-/t24-,25+,31-,33+,37-,39+,43-,44-/m0/s1. The summed E-state index contributed by atoms with van der Waals surface area (Å²) < 4.78 is 20.2. The first-order chi connectivity index (χ1) is 26.2. The van der Waals surface area contributed by atoms with Gasteiger partial charge in [-0.15, -0.1) is 0 Å². The van der Waals surface area contributed by atoms with Crippen molar-refractivity contribution in [3.8, 4) is 5.75 Å². The highest BCUT2D eigenvalue weighted by Gasteiger charge is 2.61. The second-order valence-corrected chi connectivity index (χ2v) is 16.8. The Hall–Kier alpha value is -4.12. The van der Waals surface area contributed by atoms with Crippen molar-refractivity contribution in [2.75, 3.05) is 48.1 Å². The van der Waals surface area contributed by atoms with Crippen molar-refractivity contribution in [1.29, 1.82) is 0 Å².